The lowest BCUT2D eigenvalue weighted by molar-refractivity contribution is 0.123. The van der Waals surface area contributed by atoms with Crippen LogP contribution in [0.5, 0.6) is 0 Å². The maximum Gasteiger partial charge on any atom is 0.0473 e. The quantitative estimate of drug-likeness (QED) is 0.886. The number of piperidine rings is 1. The molecule has 1 saturated heterocycles. The van der Waals surface area contributed by atoms with Crippen LogP contribution in [0.1, 0.15) is 62.1 Å². The second-order valence-electron chi connectivity index (χ2n) is 6.57. The minimum Gasteiger partial charge on any atom is -0.329 e. The third-order valence-corrected chi connectivity index (χ3v) is 5.16. The molecule has 1 aliphatic heterocycles. The summed E-state index contributed by atoms with van der Waals surface area (Å²) in [5.74, 6) is 1.68. The van der Waals surface area contributed by atoms with Crippen molar-refractivity contribution < 1.29 is 0 Å². The molecule has 1 heterocycles. The summed E-state index contributed by atoms with van der Waals surface area (Å²) in [7, 11) is 0. The van der Waals surface area contributed by atoms with Crippen LogP contribution < -0.4 is 5.73 Å². The van der Waals surface area contributed by atoms with E-state index >= 15 is 0 Å². The van der Waals surface area contributed by atoms with Crippen LogP contribution in [0.2, 0.25) is 0 Å². The normalized spacial score (nSPS) is 25.6. The van der Waals surface area contributed by atoms with E-state index in [0.29, 0.717) is 6.04 Å². The molecule has 20 heavy (non-hydrogen) atoms. The zero-order chi connectivity index (χ0) is 13.9. The van der Waals surface area contributed by atoms with E-state index in [1.54, 1.807) is 5.56 Å². The lowest BCUT2D eigenvalue weighted by Crippen LogP contribution is -2.41. The maximum atomic E-state index is 6.17. The van der Waals surface area contributed by atoms with E-state index in [2.05, 4.69) is 36.1 Å². The van der Waals surface area contributed by atoms with E-state index in [4.69, 9.17) is 5.73 Å². The van der Waals surface area contributed by atoms with Crippen LogP contribution in [0.25, 0.3) is 0 Å². The summed E-state index contributed by atoms with van der Waals surface area (Å²) >= 11 is 0. The van der Waals surface area contributed by atoms with Crippen LogP contribution >= 0.6 is 0 Å². The van der Waals surface area contributed by atoms with Gasteiger partial charge >= 0.3 is 0 Å². The van der Waals surface area contributed by atoms with Gasteiger partial charge in [0.25, 0.3) is 0 Å². The number of nitrogens with two attached hydrogens (primary N) is 1. The van der Waals surface area contributed by atoms with Crippen molar-refractivity contribution >= 4 is 0 Å². The number of rotatable bonds is 5. The molecular weight excluding hydrogens is 244 g/mol. The fourth-order valence-electron chi connectivity index (χ4n) is 3.77. The minimum absolute atomic E-state index is 0.432. The highest BCUT2D eigenvalue weighted by Gasteiger charge is 2.31. The number of nitrogens with zero attached hydrogens (tertiary/aromatic N) is 1. The molecule has 2 aliphatic rings. The minimum atomic E-state index is 0.432. The molecular formula is C18H28N2. The van der Waals surface area contributed by atoms with Crippen molar-refractivity contribution in [3.05, 3.63) is 35.4 Å². The summed E-state index contributed by atoms with van der Waals surface area (Å²) in [6, 6.07) is 9.46. The molecule has 0 amide bonds. The van der Waals surface area contributed by atoms with Crippen LogP contribution in [0.15, 0.2) is 24.3 Å². The lowest BCUT2D eigenvalue weighted by atomic mass is 9.91. The first-order chi connectivity index (χ1) is 9.83. The summed E-state index contributed by atoms with van der Waals surface area (Å²) in [6.07, 6.45) is 6.77. The molecule has 2 N–H and O–H groups in total. The van der Waals surface area contributed by atoms with Crippen molar-refractivity contribution in [1.82, 2.24) is 4.90 Å². The molecule has 2 atom stereocenters. The number of hydrogen-bond acceptors (Lipinski definition) is 2. The molecule has 1 aromatic rings. The van der Waals surface area contributed by atoms with Crippen LogP contribution in [0.4, 0.5) is 0 Å². The van der Waals surface area contributed by atoms with Gasteiger partial charge in [-0.15, -0.1) is 0 Å². The molecule has 2 unspecified atom stereocenters. The van der Waals surface area contributed by atoms with Gasteiger partial charge in [-0.2, -0.15) is 0 Å². The molecule has 0 radical (unpaired) electrons. The Morgan fingerprint density at radius 1 is 1.25 bits per heavy atom. The molecule has 2 nitrogen and oxygen atoms in total. The molecule has 2 heteroatoms. The predicted octanol–water partition coefficient (Wildman–Crippen LogP) is 3.69. The lowest BCUT2D eigenvalue weighted by Gasteiger charge is -2.38. The van der Waals surface area contributed by atoms with E-state index in [-0.39, 0.29) is 0 Å². The van der Waals surface area contributed by atoms with Gasteiger partial charge in [-0.05, 0) is 55.2 Å². The van der Waals surface area contributed by atoms with Gasteiger partial charge in [0.15, 0.2) is 0 Å². The fraction of sp³-hybridized carbons (Fsp3) is 0.667. The monoisotopic (exact) mass is 272 g/mol. The van der Waals surface area contributed by atoms with E-state index in [1.165, 1.54) is 50.8 Å². The summed E-state index contributed by atoms with van der Waals surface area (Å²) in [5.41, 5.74) is 9.25. The van der Waals surface area contributed by atoms with E-state index < -0.39 is 0 Å². The Kier molecular flexibility index (Phi) is 4.42. The molecule has 2 fully saturated rings. The van der Waals surface area contributed by atoms with E-state index in [9.17, 15) is 0 Å². The molecule has 0 spiro atoms. The van der Waals surface area contributed by atoms with Crippen LogP contribution in [-0.2, 0) is 0 Å². The predicted molar refractivity (Wildman–Crippen MR) is 84.8 cm³/mol. The molecule has 3 rings (SSSR count). The summed E-state index contributed by atoms with van der Waals surface area (Å²) in [5, 5.41) is 0. The van der Waals surface area contributed by atoms with Gasteiger partial charge in [0.2, 0.25) is 0 Å². The van der Waals surface area contributed by atoms with Gasteiger partial charge < -0.3 is 5.73 Å². The first kappa shape index (κ1) is 14.1. The standard InChI is InChI=1S/C18H28N2/c1-2-14-6-5-11-20(13-14)18(12-19)17-8-4-3-7-16(17)15-9-10-15/h3-4,7-8,14-15,18H,2,5-6,9-13,19H2,1H3. The summed E-state index contributed by atoms with van der Waals surface area (Å²) in [6.45, 7) is 5.53. The molecule has 110 valence electrons. The van der Waals surface area contributed by atoms with Crippen molar-refractivity contribution in [2.45, 2.75) is 51.0 Å². The molecule has 1 saturated carbocycles. The molecule has 0 aromatic heterocycles. The average molecular weight is 272 g/mol. The van der Waals surface area contributed by atoms with E-state index in [1.807, 2.05) is 0 Å². The smallest absolute Gasteiger partial charge is 0.0473 e. The Morgan fingerprint density at radius 3 is 2.75 bits per heavy atom. The van der Waals surface area contributed by atoms with Gasteiger partial charge in [-0.1, -0.05) is 37.6 Å². The van der Waals surface area contributed by atoms with Crippen molar-refractivity contribution in [2.75, 3.05) is 19.6 Å². The number of benzene rings is 1. The molecule has 0 bridgehead atoms. The highest BCUT2D eigenvalue weighted by molar-refractivity contribution is 5.36. The number of likely N-dealkylation sites (tertiary alicyclic amines) is 1. The van der Waals surface area contributed by atoms with Gasteiger partial charge in [0.1, 0.15) is 0 Å². The Balaban J connectivity index is 1.82. The Labute approximate surface area is 123 Å². The average Bonchev–Trinajstić information content (AvgIpc) is 3.33. The van der Waals surface area contributed by atoms with Crippen LogP contribution in [0.3, 0.4) is 0 Å². The maximum absolute atomic E-state index is 6.17. The first-order valence-corrected chi connectivity index (χ1v) is 8.36. The second kappa shape index (κ2) is 6.28. The molecule has 1 aliphatic carbocycles. The first-order valence-electron chi connectivity index (χ1n) is 8.36. The summed E-state index contributed by atoms with van der Waals surface area (Å²) < 4.78 is 0. The van der Waals surface area contributed by atoms with Crippen molar-refractivity contribution in [3.8, 4) is 0 Å². The van der Waals surface area contributed by atoms with Gasteiger partial charge in [0.05, 0.1) is 0 Å². The zero-order valence-electron chi connectivity index (χ0n) is 12.7. The van der Waals surface area contributed by atoms with Crippen molar-refractivity contribution in [1.29, 1.82) is 0 Å². The topological polar surface area (TPSA) is 29.3 Å². The van der Waals surface area contributed by atoms with Gasteiger partial charge in [0, 0.05) is 19.1 Å². The third-order valence-electron chi connectivity index (χ3n) is 5.16. The fourth-order valence-corrected chi connectivity index (χ4v) is 3.77. The van der Waals surface area contributed by atoms with Crippen LogP contribution in [0, 0.1) is 5.92 Å². The summed E-state index contributed by atoms with van der Waals surface area (Å²) in [4.78, 5) is 2.65. The highest BCUT2D eigenvalue weighted by atomic mass is 15.2. The van der Waals surface area contributed by atoms with Crippen molar-refractivity contribution in [3.63, 3.8) is 0 Å². The zero-order valence-corrected chi connectivity index (χ0v) is 12.7. The second-order valence-corrected chi connectivity index (χ2v) is 6.57. The van der Waals surface area contributed by atoms with Crippen LogP contribution in [-0.4, -0.2) is 24.5 Å². The Morgan fingerprint density at radius 2 is 2.05 bits per heavy atom. The highest BCUT2D eigenvalue weighted by Crippen LogP contribution is 2.44. The number of hydrogen-bond donors (Lipinski definition) is 1. The van der Waals surface area contributed by atoms with Gasteiger partial charge in [-0.25, -0.2) is 0 Å². The SMILES string of the molecule is CCC1CCCN(C(CN)c2ccccc2C2CC2)C1. The van der Waals surface area contributed by atoms with Gasteiger partial charge in [-0.3, -0.25) is 4.90 Å². The molecule has 1 aromatic carbocycles. The Bertz CT molecular complexity index is 439. The van der Waals surface area contributed by atoms with Crippen molar-refractivity contribution in [2.24, 2.45) is 11.7 Å². The van der Waals surface area contributed by atoms with E-state index in [0.717, 1.165) is 18.4 Å². The Hall–Kier alpha value is -0.860. The third kappa shape index (κ3) is 2.91. The largest absolute Gasteiger partial charge is 0.329 e.